The smallest absolute Gasteiger partial charge is 0.138 e. The first-order chi connectivity index (χ1) is 8.93. The SMILES string of the molecule is Cc1ccc(F)c(-c2ncnc(Cl)c2C(C)C)c1F. The second-order valence-electron chi connectivity index (χ2n) is 4.63. The molecule has 0 aliphatic heterocycles. The molecule has 5 heteroatoms. The van der Waals surface area contributed by atoms with Crippen LogP contribution in [0.5, 0.6) is 0 Å². The quantitative estimate of drug-likeness (QED) is 0.758. The molecule has 0 atom stereocenters. The number of rotatable bonds is 2. The first-order valence-electron chi connectivity index (χ1n) is 5.88. The molecular weight excluding hydrogens is 270 g/mol. The average Bonchev–Trinajstić information content (AvgIpc) is 2.34. The zero-order chi connectivity index (χ0) is 14.2. The molecule has 0 fully saturated rings. The lowest BCUT2D eigenvalue weighted by Crippen LogP contribution is -2.03. The predicted molar refractivity (Wildman–Crippen MR) is 71.2 cm³/mol. The Morgan fingerprint density at radius 3 is 2.47 bits per heavy atom. The van der Waals surface area contributed by atoms with Crippen molar-refractivity contribution < 1.29 is 8.78 Å². The highest BCUT2D eigenvalue weighted by atomic mass is 35.5. The molecule has 0 unspecified atom stereocenters. The molecule has 0 bridgehead atoms. The van der Waals surface area contributed by atoms with Gasteiger partial charge in [-0.15, -0.1) is 0 Å². The van der Waals surface area contributed by atoms with Crippen LogP contribution in [-0.4, -0.2) is 9.97 Å². The molecule has 2 rings (SSSR count). The molecule has 0 radical (unpaired) electrons. The molecule has 19 heavy (non-hydrogen) atoms. The zero-order valence-corrected chi connectivity index (χ0v) is 11.6. The van der Waals surface area contributed by atoms with Crippen LogP contribution in [0.2, 0.25) is 5.15 Å². The summed E-state index contributed by atoms with van der Waals surface area (Å²) >= 11 is 6.02. The van der Waals surface area contributed by atoms with E-state index in [1.165, 1.54) is 18.5 Å². The Balaban J connectivity index is 2.80. The third kappa shape index (κ3) is 2.45. The number of aromatic nitrogens is 2. The number of benzene rings is 1. The summed E-state index contributed by atoms with van der Waals surface area (Å²) < 4.78 is 28.1. The number of aryl methyl sites for hydroxylation is 1. The van der Waals surface area contributed by atoms with Crippen LogP contribution in [0.1, 0.15) is 30.9 Å². The summed E-state index contributed by atoms with van der Waals surface area (Å²) in [7, 11) is 0. The van der Waals surface area contributed by atoms with Gasteiger partial charge in [-0.3, -0.25) is 0 Å². The fourth-order valence-electron chi connectivity index (χ4n) is 1.96. The second-order valence-corrected chi connectivity index (χ2v) is 4.99. The van der Waals surface area contributed by atoms with Gasteiger partial charge in [0.25, 0.3) is 0 Å². The number of hydrogen-bond donors (Lipinski definition) is 0. The summed E-state index contributed by atoms with van der Waals surface area (Å²) in [5.74, 6) is -1.31. The van der Waals surface area contributed by atoms with Crippen LogP contribution < -0.4 is 0 Å². The van der Waals surface area contributed by atoms with Crippen molar-refractivity contribution in [2.45, 2.75) is 26.7 Å². The molecule has 1 aromatic heterocycles. The van der Waals surface area contributed by atoms with Gasteiger partial charge in [0, 0.05) is 5.56 Å². The highest BCUT2D eigenvalue weighted by Gasteiger charge is 2.21. The van der Waals surface area contributed by atoms with Crippen molar-refractivity contribution >= 4 is 11.6 Å². The molecule has 0 saturated carbocycles. The van der Waals surface area contributed by atoms with E-state index in [1.807, 2.05) is 13.8 Å². The Labute approximate surface area is 115 Å². The van der Waals surface area contributed by atoms with Crippen molar-refractivity contribution in [1.29, 1.82) is 0 Å². The summed E-state index contributed by atoms with van der Waals surface area (Å²) in [5.41, 5.74) is 0.982. The largest absolute Gasteiger partial charge is 0.236 e. The van der Waals surface area contributed by atoms with E-state index in [9.17, 15) is 8.78 Å². The van der Waals surface area contributed by atoms with Crippen LogP contribution in [-0.2, 0) is 0 Å². The molecule has 0 amide bonds. The van der Waals surface area contributed by atoms with Gasteiger partial charge in [0.2, 0.25) is 0 Å². The van der Waals surface area contributed by atoms with E-state index in [2.05, 4.69) is 9.97 Å². The highest BCUT2D eigenvalue weighted by molar-refractivity contribution is 6.30. The maximum Gasteiger partial charge on any atom is 0.138 e. The zero-order valence-electron chi connectivity index (χ0n) is 10.8. The van der Waals surface area contributed by atoms with Gasteiger partial charge in [-0.05, 0) is 24.5 Å². The summed E-state index contributed by atoms with van der Waals surface area (Å²) in [6, 6.07) is 2.62. The highest BCUT2D eigenvalue weighted by Crippen LogP contribution is 2.35. The molecule has 0 aliphatic rings. The van der Waals surface area contributed by atoms with Crippen molar-refractivity contribution in [3.05, 3.63) is 46.4 Å². The topological polar surface area (TPSA) is 25.8 Å². The van der Waals surface area contributed by atoms with Crippen molar-refractivity contribution in [2.24, 2.45) is 0 Å². The lowest BCUT2D eigenvalue weighted by molar-refractivity contribution is 0.582. The minimum Gasteiger partial charge on any atom is -0.236 e. The fourth-order valence-corrected chi connectivity index (χ4v) is 2.31. The third-order valence-corrected chi connectivity index (χ3v) is 3.23. The Hall–Kier alpha value is -1.55. The van der Waals surface area contributed by atoms with Gasteiger partial charge in [0.1, 0.15) is 23.1 Å². The Bertz CT molecular complexity index is 627. The van der Waals surface area contributed by atoms with E-state index >= 15 is 0 Å². The fraction of sp³-hybridized carbons (Fsp3) is 0.286. The minimum absolute atomic E-state index is 0.0389. The molecule has 0 saturated heterocycles. The predicted octanol–water partition coefficient (Wildman–Crippen LogP) is 4.51. The Morgan fingerprint density at radius 1 is 1.16 bits per heavy atom. The lowest BCUT2D eigenvalue weighted by Gasteiger charge is -2.14. The average molecular weight is 283 g/mol. The van der Waals surface area contributed by atoms with Crippen LogP contribution in [0.4, 0.5) is 8.78 Å². The van der Waals surface area contributed by atoms with E-state index in [0.29, 0.717) is 11.1 Å². The molecule has 0 N–H and O–H groups in total. The standard InChI is InChI=1S/C14H13ClF2N2/c1-7(2)10-13(18-6-19-14(10)15)11-9(16)5-4-8(3)12(11)17/h4-7H,1-3H3. The first kappa shape index (κ1) is 13.9. The van der Waals surface area contributed by atoms with Gasteiger partial charge in [0.05, 0.1) is 11.3 Å². The van der Waals surface area contributed by atoms with Crippen LogP contribution in [0.15, 0.2) is 18.5 Å². The minimum atomic E-state index is -0.653. The maximum absolute atomic E-state index is 14.2. The van der Waals surface area contributed by atoms with Crippen LogP contribution in [0, 0.1) is 18.6 Å². The van der Waals surface area contributed by atoms with Crippen LogP contribution in [0.25, 0.3) is 11.3 Å². The number of hydrogen-bond acceptors (Lipinski definition) is 2. The van der Waals surface area contributed by atoms with Crippen molar-refractivity contribution in [3.63, 3.8) is 0 Å². The van der Waals surface area contributed by atoms with Crippen molar-refractivity contribution in [1.82, 2.24) is 9.97 Å². The number of nitrogens with zero attached hydrogens (tertiary/aromatic N) is 2. The van der Waals surface area contributed by atoms with Crippen molar-refractivity contribution in [2.75, 3.05) is 0 Å². The molecule has 1 aromatic carbocycles. The van der Waals surface area contributed by atoms with Crippen molar-refractivity contribution in [3.8, 4) is 11.3 Å². The lowest BCUT2D eigenvalue weighted by atomic mass is 9.97. The van der Waals surface area contributed by atoms with Gasteiger partial charge < -0.3 is 0 Å². The molecule has 100 valence electrons. The normalized spacial score (nSPS) is 11.1. The Morgan fingerprint density at radius 2 is 1.84 bits per heavy atom. The summed E-state index contributed by atoms with van der Waals surface area (Å²) in [5, 5.41) is 0.223. The van der Waals surface area contributed by atoms with E-state index < -0.39 is 11.6 Å². The summed E-state index contributed by atoms with van der Waals surface area (Å²) in [6.45, 7) is 5.33. The van der Waals surface area contributed by atoms with Crippen LogP contribution >= 0.6 is 11.6 Å². The monoisotopic (exact) mass is 282 g/mol. The van der Waals surface area contributed by atoms with Gasteiger partial charge in [-0.2, -0.15) is 0 Å². The summed E-state index contributed by atoms with van der Waals surface area (Å²) in [6.07, 6.45) is 1.21. The van der Waals surface area contributed by atoms with E-state index in [-0.39, 0.29) is 22.3 Å². The van der Waals surface area contributed by atoms with Gasteiger partial charge in [-0.1, -0.05) is 31.5 Å². The van der Waals surface area contributed by atoms with Gasteiger partial charge in [0.15, 0.2) is 0 Å². The molecular formula is C14H13ClF2N2. The molecule has 1 heterocycles. The first-order valence-corrected chi connectivity index (χ1v) is 6.26. The maximum atomic E-state index is 14.2. The molecule has 2 nitrogen and oxygen atoms in total. The summed E-state index contributed by atoms with van der Waals surface area (Å²) in [4.78, 5) is 7.90. The molecule has 2 aromatic rings. The second kappa shape index (κ2) is 5.21. The van der Waals surface area contributed by atoms with E-state index in [4.69, 9.17) is 11.6 Å². The molecule has 0 aliphatic carbocycles. The van der Waals surface area contributed by atoms with Gasteiger partial charge in [-0.25, -0.2) is 18.7 Å². The third-order valence-electron chi connectivity index (χ3n) is 2.93. The van der Waals surface area contributed by atoms with E-state index in [1.54, 1.807) is 6.92 Å². The number of halogens is 3. The Kier molecular flexibility index (Phi) is 3.80. The van der Waals surface area contributed by atoms with Gasteiger partial charge >= 0.3 is 0 Å². The van der Waals surface area contributed by atoms with Crippen LogP contribution in [0.3, 0.4) is 0 Å². The molecule has 0 spiro atoms. The van der Waals surface area contributed by atoms with E-state index in [0.717, 1.165) is 0 Å².